The highest BCUT2D eigenvalue weighted by atomic mass is 32.2. The molecule has 1 rings (SSSR count). The molecule has 1 aliphatic heterocycles. The number of rotatable bonds is 5. The van der Waals surface area contributed by atoms with E-state index in [2.05, 4.69) is 0 Å². The van der Waals surface area contributed by atoms with Crippen LogP contribution in [0, 0.1) is 0 Å². The largest absolute Gasteiger partial charge is 0.394 e. The third-order valence-corrected chi connectivity index (χ3v) is 3.44. The quantitative estimate of drug-likeness (QED) is 0.710. The lowest BCUT2D eigenvalue weighted by Crippen LogP contribution is -2.54. The van der Waals surface area contributed by atoms with Gasteiger partial charge in [-0.05, 0) is 25.4 Å². The van der Waals surface area contributed by atoms with E-state index in [-0.39, 0.29) is 24.7 Å². The summed E-state index contributed by atoms with van der Waals surface area (Å²) in [7, 11) is 0. The van der Waals surface area contributed by atoms with Crippen LogP contribution in [0.4, 0.5) is 0 Å². The zero-order valence-corrected chi connectivity index (χ0v) is 11.3. The lowest BCUT2D eigenvalue weighted by atomic mass is 10.1. The van der Waals surface area contributed by atoms with Crippen molar-refractivity contribution in [2.75, 3.05) is 31.7 Å². The molecule has 6 heteroatoms. The van der Waals surface area contributed by atoms with Crippen molar-refractivity contribution < 1.29 is 14.6 Å². The molecule has 1 fully saturated rings. The molecule has 0 aliphatic carbocycles. The third-order valence-electron chi connectivity index (χ3n) is 2.79. The fourth-order valence-electron chi connectivity index (χ4n) is 1.93. The van der Waals surface area contributed by atoms with Gasteiger partial charge in [0.15, 0.2) is 0 Å². The Bertz CT molecular complexity index is 253. The monoisotopic (exact) mass is 262 g/mol. The van der Waals surface area contributed by atoms with E-state index in [1.165, 1.54) is 0 Å². The van der Waals surface area contributed by atoms with Crippen LogP contribution in [0.3, 0.4) is 0 Å². The summed E-state index contributed by atoms with van der Waals surface area (Å²) in [5.74, 6) is 0.851. The average Bonchev–Trinajstić information content (AvgIpc) is 2.34. The molecule has 100 valence electrons. The second kappa shape index (κ2) is 7.20. The van der Waals surface area contributed by atoms with E-state index in [4.69, 9.17) is 15.6 Å². The Kier molecular flexibility index (Phi) is 6.26. The Labute approximate surface area is 107 Å². The van der Waals surface area contributed by atoms with Crippen molar-refractivity contribution in [3.05, 3.63) is 0 Å². The van der Waals surface area contributed by atoms with Gasteiger partial charge < -0.3 is 20.5 Å². The maximum absolute atomic E-state index is 12.1. The van der Waals surface area contributed by atoms with Gasteiger partial charge in [-0.25, -0.2) is 0 Å². The molecular formula is C11H22N2O3S. The number of aliphatic hydroxyl groups excluding tert-OH is 1. The van der Waals surface area contributed by atoms with Crippen LogP contribution in [0.15, 0.2) is 0 Å². The summed E-state index contributed by atoms with van der Waals surface area (Å²) >= 11 is 1.68. The van der Waals surface area contributed by atoms with E-state index in [0.717, 1.165) is 5.75 Å². The standard InChI is InChI=1S/C11H22N2O3S/c1-8-5-13(6-9(7-14)16-8)11(15)10(12)3-4-17-2/h8-10,14H,3-7,12H2,1-2H3/t8?,9?,10-/m0/s1. The summed E-state index contributed by atoms with van der Waals surface area (Å²) in [6.45, 7) is 2.83. The Morgan fingerprint density at radius 2 is 2.35 bits per heavy atom. The van der Waals surface area contributed by atoms with Crippen LogP contribution >= 0.6 is 11.8 Å². The molecule has 1 amide bonds. The lowest BCUT2D eigenvalue weighted by Gasteiger charge is -2.37. The maximum Gasteiger partial charge on any atom is 0.239 e. The number of hydrogen-bond donors (Lipinski definition) is 2. The molecule has 0 radical (unpaired) electrons. The molecule has 2 unspecified atom stereocenters. The topological polar surface area (TPSA) is 75.8 Å². The van der Waals surface area contributed by atoms with E-state index in [0.29, 0.717) is 19.5 Å². The molecule has 1 aliphatic rings. The fraction of sp³-hybridized carbons (Fsp3) is 0.909. The number of aliphatic hydroxyl groups is 1. The van der Waals surface area contributed by atoms with Gasteiger partial charge in [0.1, 0.15) is 0 Å². The summed E-state index contributed by atoms with van der Waals surface area (Å²) in [4.78, 5) is 13.8. The summed E-state index contributed by atoms with van der Waals surface area (Å²) in [6.07, 6.45) is 2.36. The smallest absolute Gasteiger partial charge is 0.239 e. The van der Waals surface area contributed by atoms with Crippen LogP contribution in [0.25, 0.3) is 0 Å². The molecule has 3 N–H and O–H groups in total. The van der Waals surface area contributed by atoms with Gasteiger partial charge in [0.25, 0.3) is 0 Å². The molecule has 1 saturated heterocycles. The molecule has 0 aromatic carbocycles. The molecule has 0 bridgehead atoms. The normalized spacial score (nSPS) is 26.9. The minimum absolute atomic E-state index is 0.0346. The molecule has 5 nitrogen and oxygen atoms in total. The lowest BCUT2D eigenvalue weighted by molar-refractivity contribution is -0.148. The van der Waals surface area contributed by atoms with Gasteiger partial charge in [-0.3, -0.25) is 4.79 Å². The number of carbonyl (C=O) groups is 1. The number of thioether (sulfide) groups is 1. The SMILES string of the molecule is CSCC[C@H](N)C(=O)N1CC(C)OC(CO)C1. The molecule has 17 heavy (non-hydrogen) atoms. The first kappa shape index (κ1) is 14.8. The minimum atomic E-state index is -0.438. The summed E-state index contributed by atoms with van der Waals surface area (Å²) < 4.78 is 5.49. The first-order valence-corrected chi connectivity index (χ1v) is 7.27. The highest BCUT2D eigenvalue weighted by Gasteiger charge is 2.30. The molecule has 0 spiro atoms. The number of hydrogen-bond acceptors (Lipinski definition) is 5. The average molecular weight is 262 g/mol. The van der Waals surface area contributed by atoms with Crippen molar-refractivity contribution in [2.45, 2.75) is 31.6 Å². The van der Waals surface area contributed by atoms with Crippen molar-refractivity contribution >= 4 is 17.7 Å². The zero-order valence-electron chi connectivity index (χ0n) is 10.5. The van der Waals surface area contributed by atoms with Crippen molar-refractivity contribution in [1.82, 2.24) is 4.90 Å². The van der Waals surface area contributed by atoms with Gasteiger partial charge in [-0.1, -0.05) is 0 Å². The van der Waals surface area contributed by atoms with E-state index < -0.39 is 6.04 Å². The highest BCUT2D eigenvalue weighted by Crippen LogP contribution is 2.12. The summed E-state index contributed by atoms with van der Waals surface area (Å²) in [6, 6.07) is -0.438. The van der Waals surface area contributed by atoms with E-state index >= 15 is 0 Å². The third kappa shape index (κ3) is 4.46. The Morgan fingerprint density at radius 1 is 1.65 bits per heavy atom. The van der Waals surface area contributed by atoms with E-state index in [1.807, 2.05) is 13.2 Å². The highest BCUT2D eigenvalue weighted by molar-refractivity contribution is 7.98. The van der Waals surface area contributed by atoms with Crippen LogP contribution in [-0.4, -0.2) is 65.9 Å². The Balaban J connectivity index is 2.49. The number of carbonyl (C=O) groups excluding carboxylic acids is 1. The Morgan fingerprint density at radius 3 is 2.94 bits per heavy atom. The summed E-state index contributed by atoms with van der Waals surface area (Å²) in [5.41, 5.74) is 5.86. The predicted octanol–water partition coefficient (Wildman–Crippen LogP) is -0.325. The van der Waals surface area contributed by atoms with Crippen LogP contribution in [0.5, 0.6) is 0 Å². The number of nitrogens with two attached hydrogens (primary N) is 1. The second-order valence-corrected chi connectivity index (χ2v) is 5.37. The van der Waals surface area contributed by atoms with Crippen molar-refractivity contribution in [2.24, 2.45) is 5.73 Å². The van der Waals surface area contributed by atoms with E-state index in [1.54, 1.807) is 16.7 Å². The zero-order chi connectivity index (χ0) is 12.8. The summed E-state index contributed by atoms with van der Waals surface area (Å²) in [5, 5.41) is 9.09. The van der Waals surface area contributed by atoms with Gasteiger partial charge in [0.2, 0.25) is 5.91 Å². The van der Waals surface area contributed by atoms with Crippen LogP contribution in [0.1, 0.15) is 13.3 Å². The number of amides is 1. The molecule has 3 atom stereocenters. The number of ether oxygens (including phenoxy) is 1. The van der Waals surface area contributed by atoms with Gasteiger partial charge in [-0.2, -0.15) is 11.8 Å². The van der Waals surface area contributed by atoms with Crippen molar-refractivity contribution in [1.29, 1.82) is 0 Å². The predicted molar refractivity (Wildman–Crippen MR) is 69.0 cm³/mol. The number of morpholine rings is 1. The molecule has 1 heterocycles. The van der Waals surface area contributed by atoms with Crippen LogP contribution < -0.4 is 5.73 Å². The van der Waals surface area contributed by atoms with Gasteiger partial charge in [-0.15, -0.1) is 0 Å². The molecular weight excluding hydrogens is 240 g/mol. The fourth-order valence-corrected chi connectivity index (χ4v) is 2.42. The Hall–Kier alpha value is -0.300. The van der Waals surface area contributed by atoms with Crippen LogP contribution in [0.2, 0.25) is 0 Å². The molecule has 0 aromatic heterocycles. The van der Waals surface area contributed by atoms with Gasteiger partial charge >= 0.3 is 0 Å². The molecule has 0 aromatic rings. The van der Waals surface area contributed by atoms with Crippen molar-refractivity contribution in [3.63, 3.8) is 0 Å². The van der Waals surface area contributed by atoms with Crippen molar-refractivity contribution in [3.8, 4) is 0 Å². The second-order valence-electron chi connectivity index (χ2n) is 4.38. The van der Waals surface area contributed by atoms with Gasteiger partial charge in [0, 0.05) is 13.1 Å². The minimum Gasteiger partial charge on any atom is -0.394 e. The first-order chi connectivity index (χ1) is 8.08. The molecule has 0 saturated carbocycles. The van der Waals surface area contributed by atoms with E-state index in [9.17, 15) is 4.79 Å². The van der Waals surface area contributed by atoms with Gasteiger partial charge in [0.05, 0.1) is 24.9 Å². The number of nitrogens with zero attached hydrogens (tertiary/aromatic N) is 1. The van der Waals surface area contributed by atoms with Crippen LogP contribution in [-0.2, 0) is 9.53 Å². The maximum atomic E-state index is 12.1. The first-order valence-electron chi connectivity index (χ1n) is 5.88.